The van der Waals surface area contributed by atoms with E-state index in [-0.39, 0.29) is 5.41 Å². The predicted molar refractivity (Wildman–Crippen MR) is 130 cm³/mol. The molecule has 0 saturated heterocycles. The maximum absolute atomic E-state index is 6.56. The molecular formula is C27H25NOSi. The number of pyridine rings is 1. The van der Waals surface area contributed by atoms with Gasteiger partial charge in [0.05, 0.1) is 19.2 Å². The lowest BCUT2D eigenvalue weighted by atomic mass is 9.75. The molecule has 0 bridgehead atoms. The zero-order valence-electron chi connectivity index (χ0n) is 18.1. The van der Waals surface area contributed by atoms with Crippen molar-refractivity contribution >= 4 is 46.0 Å². The van der Waals surface area contributed by atoms with Gasteiger partial charge in [-0.2, -0.15) is 0 Å². The maximum Gasteiger partial charge on any atom is 0.139 e. The van der Waals surface area contributed by atoms with Crippen LogP contribution in [0.2, 0.25) is 19.6 Å². The van der Waals surface area contributed by atoms with Gasteiger partial charge < -0.3 is 4.42 Å². The van der Waals surface area contributed by atoms with Gasteiger partial charge in [0.15, 0.2) is 0 Å². The van der Waals surface area contributed by atoms with Crippen LogP contribution in [0, 0.1) is 0 Å². The van der Waals surface area contributed by atoms with Crippen LogP contribution in [-0.4, -0.2) is 13.1 Å². The largest absolute Gasteiger partial charge is 0.456 e. The topological polar surface area (TPSA) is 26.0 Å². The summed E-state index contributed by atoms with van der Waals surface area (Å²) in [5, 5.41) is 6.34. The summed E-state index contributed by atoms with van der Waals surface area (Å²) < 4.78 is 6.56. The lowest BCUT2D eigenvalue weighted by molar-refractivity contribution is 0.644. The third-order valence-electron chi connectivity index (χ3n) is 6.83. The molecule has 5 aromatic rings. The Balaban J connectivity index is 1.87. The van der Waals surface area contributed by atoms with Crippen molar-refractivity contribution in [2.24, 2.45) is 0 Å². The SMILES string of the molecule is CC1(C)c2cc3ccccc3cc2-c2nccc3oc4c([Si](C)(C)C)ccc1c4c23. The fraction of sp³-hybridized carbons (Fsp3) is 0.222. The average molecular weight is 408 g/mol. The smallest absolute Gasteiger partial charge is 0.139 e. The van der Waals surface area contributed by atoms with E-state index in [1.807, 2.05) is 12.3 Å². The summed E-state index contributed by atoms with van der Waals surface area (Å²) in [6.07, 6.45) is 1.89. The fourth-order valence-electron chi connectivity index (χ4n) is 5.23. The van der Waals surface area contributed by atoms with Crippen molar-refractivity contribution in [3.8, 4) is 11.3 Å². The number of rotatable bonds is 1. The van der Waals surface area contributed by atoms with E-state index in [0.29, 0.717) is 0 Å². The van der Waals surface area contributed by atoms with Gasteiger partial charge in [0.2, 0.25) is 0 Å². The minimum absolute atomic E-state index is 0.160. The van der Waals surface area contributed by atoms with Gasteiger partial charge in [-0.25, -0.2) is 0 Å². The third kappa shape index (κ3) is 2.21. The zero-order chi connectivity index (χ0) is 20.8. The summed E-state index contributed by atoms with van der Waals surface area (Å²) in [7, 11) is -1.57. The second kappa shape index (κ2) is 5.61. The Kier molecular flexibility index (Phi) is 3.35. The van der Waals surface area contributed by atoms with Crippen molar-refractivity contribution in [3.05, 3.63) is 71.9 Å². The summed E-state index contributed by atoms with van der Waals surface area (Å²) >= 11 is 0. The second-order valence-corrected chi connectivity index (χ2v) is 15.2. The van der Waals surface area contributed by atoms with Crippen molar-refractivity contribution in [1.82, 2.24) is 4.98 Å². The van der Waals surface area contributed by atoms with Crippen LogP contribution < -0.4 is 5.19 Å². The molecule has 6 rings (SSSR count). The monoisotopic (exact) mass is 407 g/mol. The molecule has 0 unspecified atom stereocenters. The molecule has 0 amide bonds. The second-order valence-electron chi connectivity index (χ2n) is 10.1. The molecule has 30 heavy (non-hydrogen) atoms. The van der Waals surface area contributed by atoms with E-state index in [4.69, 9.17) is 9.40 Å². The van der Waals surface area contributed by atoms with E-state index in [1.54, 1.807) is 0 Å². The van der Waals surface area contributed by atoms with Gasteiger partial charge in [-0.3, -0.25) is 4.98 Å². The normalized spacial score (nSPS) is 15.1. The molecule has 2 heterocycles. The van der Waals surface area contributed by atoms with Gasteiger partial charge in [0.25, 0.3) is 0 Å². The van der Waals surface area contributed by atoms with Crippen molar-refractivity contribution in [3.63, 3.8) is 0 Å². The summed E-state index contributed by atoms with van der Waals surface area (Å²) in [4.78, 5) is 4.91. The molecule has 0 N–H and O–H groups in total. The first-order valence-corrected chi connectivity index (χ1v) is 14.2. The van der Waals surface area contributed by atoms with Crippen molar-refractivity contribution in [1.29, 1.82) is 0 Å². The Morgan fingerprint density at radius 2 is 1.57 bits per heavy atom. The zero-order valence-corrected chi connectivity index (χ0v) is 19.1. The minimum atomic E-state index is -1.57. The van der Waals surface area contributed by atoms with Gasteiger partial charge in [-0.1, -0.05) is 69.9 Å². The van der Waals surface area contributed by atoms with Crippen molar-refractivity contribution in [2.75, 3.05) is 0 Å². The Morgan fingerprint density at radius 1 is 0.833 bits per heavy atom. The van der Waals surface area contributed by atoms with Gasteiger partial charge >= 0.3 is 0 Å². The molecule has 0 saturated carbocycles. The molecule has 0 spiro atoms. The standard InChI is InChI=1S/C27H25NOSi/c1-27(2)19-10-11-22(30(3,4)5)26-23(19)24-21(29-26)12-13-28-25(24)18-14-16-8-6-7-9-17(16)15-20(18)27/h6-15H,1-5H3. The van der Waals surface area contributed by atoms with Crippen LogP contribution in [0.5, 0.6) is 0 Å². The van der Waals surface area contributed by atoms with E-state index in [2.05, 4.69) is 82.0 Å². The van der Waals surface area contributed by atoms with Crippen molar-refractivity contribution < 1.29 is 4.42 Å². The molecule has 1 aliphatic rings. The molecule has 3 aromatic carbocycles. The van der Waals surface area contributed by atoms with Crippen LogP contribution in [0.4, 0.5) is 0 Å². The highest BCUT2D eigenvalue weighted by molar-refractivity contribution is 6.90. The van der Waals surface area contributed by atoms with Crippen LogP contribution in [0.15, 0.2) is 65.2 Å². The number of nitrogens with zero attached hydrogens (tertiary/aromatic N) is 1. The molecule has 3 heteroatoms. The minimum Gasteiger partial charge on any atom is -0.456 e. The van der Waals surface area contributed by atoms with E-state index >= 15 is 0 Å². The van der Waals surface area contributed by atoms with E-state index < -0.39 is 8.07 Å². The van der Waals surface area contributed by atoms with Crippen LogP contribution in [0.25, 0.3) is 44.0 Å². The van der Waals surface area contributed by atoms with Crippen LogP contribution in [0.1, 0.15) is 25.0 Å². The highest BCUT2D eigenvalue weighted by Gasteiger charge is 2.36. The lowest BCUT2D eigenvalue weighted by Crippen LogP contribution is -2.38. The highest BCUT2D eigenvalue weighted by atomic mass is 28.3. The van der Waals surface area contributed by atoms with Crippen LogP contribution >= 0.6 is 0 Å². The van der Waals surface area contributed by atoms with Gasteiger partial charge in [-0.05, 0) is 45.3 Å². The Bertz CT molecular complexity index is 1500. The molecule has 2 nitrogen and oxygen atoms in total. The van der Waals surface area contributed by atoms with Crippen LogP contribution in [-0.2, 0) is 5.41 Å². The molecule has 0 radical (unpaired) electrons. The predicted octanol–water partition coefficient (Wildman–Crippen LogP) is 6.99. The number of aromatic nitrogens is 1. The molecule has 0 fully saturated rings. The van der Waals surface area contributed by atoms with Gasteiger partial charge in [0, 0.05) is 22.6 Å². The Hall–Kier alpha value is -2.91. The average Bonchev–Trinajstić information content (AvgIpc) is 3.07. The van der Waals surface area contributed by atoms with Gasteiger partial charge in [-0.15, -0.1) is 0 Å². The van der Waals surface area contributed by atoms with Gasteiger partial charge in [0.1, 0.15) is 11.2 Å². The van der Waals surface area contributed by atoms with E-state index in [1.165, 1.54) is 43.4 Å². The van der Waals surface area contributed by atoms with Crippen molar-refractivity contribution in [2.45, 2.75) is 38.9 Å². The Labute approximate surface area is 177 Å². The highest BCUT2D eigenvalue weighted by Crippen LogP contribution is 2.49. The number of hydrogen-bond donors (Lipinski definition) is 0. The third-order valence-corrected chi connectivity index (χ3v) is 8.84. The molecular weight excluding hydrogens is 382 g/mol. The summed E-state index contributed by atoms with van der Waals surface area (Å²) in [6, 6.07) is 20.0. The number of fused-ring (bicyclic) bond motifs is 3. The molecule has 0 aliphatic heterocycles. The quantitative estimate of drug-likeness (QED) is 0.280. The first-order chi connectivity index (χ1) is 14.3. The fourth-order valence-corrected chi connectivity index (χ4v) is 6.67. The summed E-state index contributed by atoms with van der Waals surface area (Å²) in [5.41, 5.74) is 6.79. The molecule has 1 aliphatic carbocycles. The molecule has 2 aromatic heterocycles. The number of benzene rings is 3. The lowest BCUT2D eigenvalue weighted by Gasteiger charge is -2.29. The molecule has 0 atom stereocenters. The summed E-state index contributed by atoms with van der Waals surface area (Å²) in [5.74, 6) is 0. The van der Waals surface area contributed by atoms with E-state index in [9.17, 15) is 0 Å². The Morgan fingerprint density at radius 3 is 2.30 bits per heavy atom. The van der Waals surface area contributed by atoms with Crippen LogP contribution in [0.3, 0.4) is 0 Å². The summed E-state index contributed by atoms with van der Waals surface area (Å²) in [6.45, 7) is 11.8. The first kappa shape index (κ1) is 17.9. The first-order valence-electron chi connectivity index (χ1n) is 10.7. The maximum atomic E-state index is 6.56. The number of hydrogen-bond acceptors (Lipinski definition) is 2. The molecule has 148 valence electrons. The van der Waals surface area contributed by atoms with E-state index in [0.717, 1.165) is 16.9 Å². The number of furan rings is 1.